The summed E-state index contributed by atoms with van der Waals surface area (Å²) in [4.78, 5) is 13.2. The van der Waals surface area contributed by atoms with Crippen LogP contribution in [0, 0.1) is 16.7 Å². The average molecular weight is 518 g/mol. The molecule has 0 atom stereocenters. The lowest BCUT2D eigenvalue weighted by Crippen LogP contribution is -2.37. The monoisotopic (exact) mass is 517 g/mol. The van der Waals surface area contributed by atoms with Gasteiger partial charge in [-0.2, -0.15) is 0 Å². The van der Waals surface area contributed by atoms with Crippen LogP contribution in [0.5, 0.6) is 23.0 Å². The van der Waals surface area contributed by atoms with Crippen LogP contribution in [0.25, 0.3) is 0 Å². The van der Waals surface area contributed by atoms with Gasteiger partial charge in [-0.1, -0.05) is 6.92 Å². The zero-order valence-electron chi connectivity index (χ0n) is 21.0. The quantitative estimate of drug-likeness (QED) is 0.123. The van der Waals surface area contributed by atoms with E-state index in [0.29, 0.717) is 45.6 Å². The van der Waals surface area contributed by atoms with E-state index in [1.807, 2.05) is 0 Å². The highest BCUT2D eigenvalue weighted by molar-refractivity contribution is 5.96. The summed E-state index contributed by atoms with van der Waals surface area (Å²) in [6.45, 7) is 2.23. The molecule has 3 aromatic carbocycles. The predicted molar refractivity (Wildman–Crippen MR) is 142 cm³/mol. The van der Waals surface area contributed by atoms with Crippen LogP contribution in [0.4, 0.5) is 0 Å². The Morgan fingerprint density at radius 2 is 1.16 bits per heavy atom. The minimum atomic E-state index is -0.213. The van der Waals surface area contributed by atoms with Crippen molar-refractivity contribution in [3.8, 4) is 23.0 Å². The summed E-state index contributed by atoms with van der Waals surface area (Å²) in [7, 11) is 0. The highest BCUT2D eigenvalue weighted by Crippen LogP contribution is 2.31. The number of hydrogen-bond donors (Lipinski definition) is 7. The number of ether oxygens (including phenoxy) is 2. The van der Waals surface area contributed by atoms with Crippen LogP contribution in [0.3, 0.4) is 0 Å². The molecular weight excluding hydrogens is 486 g/mol. The lowest BCUT2D eigenvalue weighted by atomic mass is 9.87. The zero-order valence-corrected chi connectivity index (χ0v) is 21.0. The maximum absolute atomic E-state index is 13.2. The molecule has 7 N–H and O–H groups in total. The van der Waals surface area contributed by atoms with Gasteiger partial charge in [-0.05, 0) is 92.3 Å². The van der Waals surface area contributed by atoms with Gasteiger partial charge in [-0.3, -0.25) is 37.0 Å². The molecule has 198 valence electrons. The van der Waals surface area contributed by atoms with Crippen molar-refractivity contribution in [2.24, 2.45) is 5.92 Å². The van der Waals surface area contributed by atoms with Gasteiger partial charge in [0.1, 0.15) is 34.7 Å². The number of carbonyl (C=O) groups is 1. The van der Waals surface area contributed by atoms with Gasteiger partial charge in [0, 0.05) is 28.8 Å². The van der Waals surface area contributed by atoms with Crippen molar-refractivity contribution in [1.82, 2.24) is 16.3 Å². The maximum atomic E-state index is 13.2. The number of rotatable bonds is 8. The van der Waals surface area contributed by atoms with Crippen LogP contribution < -0.4 is 25.8 Å². The van der Waals surface area contributed by atoms with Crippen LogP contribution in [-0.2, 0) is 0 Å². The predicted octanol–water partition coefficient (Wildman–Crippen LogP) is 5.19. The van der Waals surface area contributed by atoms with Crippen LogP contribution in [0.15, 0.2) is 66.7 Å². The second-order valence-corrected chi connectivity index (χ2v) is 9.35. The molecule has 10 nitrogen and oxygen atoms in total. The van der Waals surface area contributed by atoms with Gasteiger partial charge in [-0.25, -0.2) is 0 Å². The first-order chi connectivity index (χ1) is 18.3. The Labute approximate surface area is 220 Å². The third-order valence-corrected chi connectivity index (χ3v) is 6.47. The highest BCUT2D eigenvalue weighted by Gasteiger charge is 2.21. The third-order valence-electron chi connectivity index (χ3n) is 6.47. The fourth-order valence-corrected chi connectivity index (χ4v) is 4.27. The minimum absolute atomic E-state index is 0.124. The molecule has 4 rings (SSSR count). The van der Waals surface area contributed by atoms with E-state index in [4.69, 9.17) is 30.7 Å². The van der Waals surface area contributed by atoms with E-state index >= 15 is 0 Å². The zero-order chi connectivity index (χ0) is 27.1. The Kier molecular flexibility index (Phi) is 8.57. The summed E-state index contributed by atoms with van der Waals surface area (Å²) < 4.78 is 12.0. The van der Waals surface area contributed by atoms with Crippen LogP contribution in [0.2, 0.25) is 0 Å². The van der Waals surface area contributed by atoms with Gasteiger partial charge in [0.2, 0.25) is 0 Å². The van der Waals surface area contributed by atoms with E-state index in [1.54, 1.807) is 77.7 Å². The Hall–Kier alpha value is -4.41. The SMILES string of the molecule is CC1CCC(NC(=O)c2cc(Oc3ccc(C(=N)NO)cc3)cc(Oc3ccc(C(=N)NO)cc3)c2)CC1. The van der Waals surface area contributed by atoms with Gasteiger partial charge in [0.15, 0.2) is 0 Å². The molecule has 0 unspecified atom stereocenters. The fourth-order valence-electron chi connectivity index (χ4n) is 4.27. The number of hydrogen-bond acceptors (Lipinski definition) is 7. The molecule has 0 saturated heterocycles. The number of hydroxylamine groups is 2. The fraction of sp³-hybridized carbons (Fsp3) is 0.250. The van der Waals surface area contributed by atoms with E-state index in [-0.39, 0.29) is 23.6 Å². The number of carbonyl (C=O) groups excluding carboxylic acids is 1. The lowest BCUT2D eigenvalue weighted by Gasteiger charge is -2.27. The summed E-state index contributed by atoms with van der Waals surface area (Å²) in [5.74, 6) is 1.90. The number of benzene rings is 3. The van der Waals surface area contributed by atoms with Crippen molar-refractivity contribution in [2.75, 3.05) is 0 Å². The van der Waals surface area contributed by atoms with E-state index in [0.717, 1.165) is 25.7 Å². The number of amides is 1. The molecule has 10 heteroatoms. The van der Waals surface area contributed by atoms with Gasteiger partial charge in [-0.15, -0.1) is 0 Å². The Morgan fingerprint density at radius 3 is 1.58 bits per heavy atom. The summed E-state index contributed by atoms with van der Waals surface area (Å²) in [6, 6.07) is 18.2. The Balaban J connectivity index is 1.57. The molecule has 38 heavy (non-hydrogen) atoms. The van der Waals surface area contributed by atoms with Gasteiger partial charge in [0.25, 0.3) is 5.91 Å². The first-order valence-corrected chi connectivity index (χ1v) is 12.3. The van der Waals surface area contributed by atoms with Crippen LogP contribution >= 0.6 is 0 Å². The van der Waals surface area contributed by atoms with Crippen molar-refractivity contribution >= 4 is 17.6 Å². The van der Waals surface area contributed by atoms with E-state index in [1.165, 1.54) is 0 Å². The molecule has 0 aromatic heterocycles. The molecule has 0 radical (unpaired) electrons. The summed E-state index contributed by atoms with van der Waals surface area (Å²) in [5, 5.41) is 36.3. The number of amidine groups is 2. The first kappa shape index (κ1) is 26.6. The molecule has 1 aliphatic rings. The minimum Gasteiger partial charge on any atom is -0.457 e. The van der Waals surface area contributed by atoms with Gasteiger partial charge in [0.05, 0.1) is 0 Å². The maximum Gasteiger partial charge on any atom is 0.251 e. The Morgan fingerprint density at radius 1 is 0.711 bits per heavy atom. The van der Waals surface area contributed by atoms with Gasteiger partial charge < -0.3 is 14.8 Å². The Bertz CT molecular complexity index is 1210. The molecule has 0 bridgehead atoms. The van der Waals surface area contributed by atoms with Crippen molar-refractivity contribution in [3.05, 3.63) is 83.4 Å². The van der Waals surface area contributed by atoms with Crippen molar-refractivity contribution in [1.29, 1.82) is 10.8 Å². The topological polar surface area (TPSA) is 160 Å². The van der Waals surface area contributed by atoms with Crippen molar-refractivity contribution in [2.45, 2.75) is 38.6 Å². The average Bonchev–Trinajstić information content (AvgIpc) is 2.94. The normalized spacial score (nSPS) is 16.7. The molecule has 0 aliphatic heterocycles. The second kappa shape index (κ2) is 12.2. The molecule has 0 spiro atoms. The molecule has 1 saturated carbocycles. The molecule has 1 amide bonds. The van der Waals surface area contributed by atoms with Gasteiger partial charge >= 0.3 is 0 Å². The van der Waals surface area contributed by atoms with Crippen LogP contribution in [0.1, 0.15) is 54.1 Å². The molecule has 0 heterocycles. The molecule has 1 fully saturated rings. The van der Waals surface area contributed by atoms with Crippen LogP contribution in [-0.4, -0.2) is 34.0 Å². The van der Waals surface area contributed by atoms with E-state index < -0.39 is 0 Å². The van der Waals surface area contributed by atoms with E-state index in [2.05, 4.69) is 12.2 Å². The second-order valence-electron chi connectivity index (χ2n) is 9.35. The smallest absolute Gasteiger partial charge is 0.251 e. The van der Waals surface area contributed by atoms with Crippen molar-refractivity contribution < 1.29 is 24.7 Å². The molecule has 1 aliphatic carbocycles. The van der Waals surface area contributed by atoms with Crippen molar-refractivity contribution in [3.63, 3.8) is 0 Å². The number of nitrogens with one attached hydrogen (secondary N) is 5. The largest absolute Gasteiger partial charge is 0.457 e. The highest BCUT2D eigenvalue weighted by atomic mass is 16.5. The first-order valence-electron chi connectivity index (χ1n) is 12.3. The summed E-state index contributed by atoms with van der Waals surface area (Å²) in [6.07, 6.45) is 4.06. The summed E-state index contributed by atoms with van der Waals surface area (Å²) >= 11 is 0. The van der Waals surface area contributed by atoms with E-state index in [9.17, 15) is 4.79 Å². The summed E-state index contributed by atoms with van der Waals surface area (Å²) in [5.41, 5.74) is 4.95. The third kappa shape index (κ3) is 6.87. The standard InChI is InChI=1S/C28H31N5O5/c1-17-2-8-21(9-3-17)31-28(34)20-14-24(37-22-10-4-18(5-11-22)26(29)32-35)16-25(15-20)38-23-12-6-19(7-13-23)27(30)33-36/h4-7,10-17,21,35-36H,2-3,8-9H2,1H3,(H2,29,32)(H2,30,33)(H,31,34). The molecule has 3 aromatic rings. The molecular formula is C28H31N5O5. The lowest BCUT2D eigenvalue weighted by molar-refractivity contribution is 0.0922.